The van der Waals surface area contributed by atoms with E-state index in [1.807, 2.05) is 49.0 Å². The predicted molar refractivity (Wildman–Crippen MR) is 126 cm³/mol. The number of rotatable bonds is 6. The van der Waals surface area contributed by atoms with Gasteiger partial charge < -0.3 is 15.0 Å². The number of thioether (sulfide) groups is 1. The van der Waals surface area contributed by atoms with Gasteiger partial charge in [0.15, 0.2) is 0 Å². The molecule has 0 aliphatic carbocycles. The third kappa shape index (κ3) is 5.22. The summed E-state index contributed by atoms with van der Waals surface area (Å²) >= 11 is 2.01. The minimum atomic E-state index is -0.372. The van der Waals surface area contributed by atoms with Crippen molar-refractivity contribution in [2.75, 3.05) is 48.5 Å². The quantitative estimate of drug-likeness (QED) is 0.746. The summed E-state index contributed by atoms with van der Waals surface area (Å²) in [6.45, 7) is 5.60. The fourth-order valence-electron chi connectivity index (χ4n) is 4.13. The highest BCUT2D eigenvalue weighted by molar-refractivity contribution is 7.99. The van der Waals surface area contributed by atoms with Gasteiger partial charge in [-0.25, -0.2) is 0 Å². The number of carbonyl (C=O) groups is 2. The third-order valence-corrected chi connectivity index (χ3v) is 6.86. The Morgan fingerprint density at radius 3 is 2.74 bits per heavy atom. The summed E-state index contributed by atoms with van der Waals surface area (Å²) in [4.78, 5) is 29.6. The van der Waals surface area contributed by atoms with Crippen molar-refractivity contribution >= 4 is 35.0 Å². The first-order chi connectivity index (χ1) is 15.0. The van der Waals surface area contributed by atoms with Crippen LogP contribution in [0.15, 0.2) is 42.5 Å². The minimum absolute atomic E-state index is 0.0415. The van der Waals surface area contributed by atoms with Crippen molar-refractivity contribution in [2.45, 2.75) is 19.9 Å². The number of benzene rings is 2. The van der Waals surface area contributed by atoms with Gasteiger partial charge in [0.1, 0.15) is 5.75 Å². The van der Waals surface area contributed by atoms with Crippen LogP contribution in [0.2, 0.25) is 0 Å². The Morgan fingerprint density at radius 2 is 2.00 bits per heavy atom. The molecule has 2 aromatic carbocycles. The molecule has 7 heteroatoms. The van der Waals surface area contributed by atoms with Crippen LogP contribution in [-0.2, 0) is 16.1 Å². The Morgan fingerprint density at radius 1 is 1.19 bits per heavy atom. The van der Waals surface area contributed by atoms with Gasteiger partial charge in [-0.15, -0.1) is 0 Å². The summed E-state index contributed by atoms with van der Waals surface area (Å²) < 4.78 is 5.25. The SMILES string of the molecule is COc1cccc(N2CC(C(=O)Nc3ccc(CN4CCSCC4)cc3C)CC2=O)c1. The number of nitrogens with one attached hydrogen (secondary N) is 1. The van der Waals surface area contributed by atoms with Gasteiger partial charge in [0, 0.05) is 61.5 Å². The highest BCUT2D eigenvalue weighted by Crippen LogP contribution is 2.29. The van der Waals surface area contributed by atoms with E-state index in [0.717, 1.165) is 36.6 Å². The fraction of sp³-hybridized carbons (Fsp3) is 0.417. The first kappa shape index (κ1) is 21.7. The molecule has 2 aromatic rings. The smallest absolute Gasteiger partial charge is 0.229 e. The average Bonchev–Trinajstić information content (AvgIpc) is 3.18. The molecule has 1 atom stereocenters. The van der Waals surface area contributed by atoms with Gasteiger partial charge >= 0.3 is 0 Å². The second-order valence-electron chi connectivity index (χ2n) is 8.13. The van der Waals surface area contributed by atoms with Crippen molar-refractivity contribution in [3.05, 3.63) is 53.6 Å². The van der Waals surface area contributed by atoms with Crippen LogP contribution in [0.3, 0.4) is 0 Å². The van der Waals surface area contributed by atoms with E-state index < -0.39 is 0 Å². The Hall–Kier alpha value is -2.51. The van der Waals surface area contributed by atoms with Crippen molar-refractivity contribution in [3.63, 3.8) is 0 Å². The Labute approximate surface area is 187 Å². The van der Waals surface area contributed by atoms with E-state index in [4.69, 9.17) is 4.74 Å². The van der Waals surface area contributed by atoms with E-state index in [9.17, 15) is 9.59 Å². The number of hydrogen-bond acceptors (Lipinski definition) is 5. The van der Waals surface area contributed by atoms with E-state index >= 15 is 0 Å². The topological polar surface area (TPSA) is 61.9 Å². The van der Waals surface area contributed by atoms with Crippen LogP contribution in [0.4, 0.5) is 11.4 Å². The second kappa shape index (κ2) is 9.75. The van der Waals surface area contributed by atoms with Crippen molar-refractivity contribution in [2.24, 2.45) is 5.92 Å². The number of amides is 2. The number of methoxy groups -OCH3 is 1. The van der Waals surface area contributed by atoms with Gasteiger partial charge in [-0.05, 0) is 36.2 Å². The summed E-state index contributed by atoms with van der Waals surface area (Å²) in [7, 11) is 1.60. The van der Waals surface area contributed by atoms with Crippen molar-refractivity contribution in [1.29, 1.82) is 0 Å². The largest absolute Gasteiger partial charge is 0.497 e. The molecule has 1 unspecified atom stereocenters. The Balaban J connectivity index is 1.38. The van der Waals surface area contributed by atoms with Crippen LogP contribution in [0, 0.1) is 12.8 Å². The lowest BCUT2D eigenvalue weighted by Crippen LogP contribution is -2.32. The molecule has 31 heavy (non-hydrogen) atoms. The number of aryl methyl sites for hydroxylation is 1. The number of hydrogen-bond donors (Lipinski definition) is 1. The Kier molecular flexibility index (Phi) is 6.83. The van der Waals surface area contributed by atoms with Crippen LogP contribution in [0.5, 0.6) is 5.75 Å². The molecule has 2 amide bonds. The molecule has 2 aliphatic heterocycles. The standard InChI is InChI=1S/C24H29N3O3S/c1-17-12-18(15-26-8-10-31-11-9-26)6-7-22(17)25-24(29)19-13-23(28)27(16-19)20-4-3-5-21(14-20)30-2/h3-7,12,14,19H,8-11,13,15-16H2,1-2H3,(H,25,29). The van der Waals surface area contributed by atoms with E-state index in [1.165, 1.54) is 17.1 Å². The molecular weight excluding hydrogens is 410 g/mol. The fourth-order valence-corrected chi connectivity index (χ4v) is 5.11. The molecule has 0 aromatic heterocycles. The molecule has 4 rings (SSSR count). The average molecular weight is 440 g/mol. The van der Waals surface area contributed by atoms with E-state index in [2.05, 4.69) is 22.3 Å². The van der Waals surface area contributed by atoms with Crippen molar-refractivity contribution in [1.82, 2.24) is 4.90 Å². The maximum atomic E-state index is 12.9. The maximum Gasteiger partial charge on any atom is 0.229 e. The molecular formula is C24H29N3O3S. The van der Waals surface area contributed by atoms with E-state index in [0.29, 0.717) is 12.3 Å². The third-order valence-electron chi connectivity index (χ3n) is 5.92. The zero-order valence-electron chi connectivity index (χ0n) is 18.1. The van der Waals surface area contributed by atoms with Gasteiger partial charge in [-0.3, -0.25) is 14.5 Å². The summed E-state index contributed by atoms with van der Waals surface area (Å²) in [5.41, 5.74) is 3.89. The summed E-state index contributed by atoms with van der Waals surface area (Å²) in [5.74, 6) is 2.56. The number of nitrogens with zero attached hydrogens (tertiary/aromatic N) is 2. The van der Waals surface area contributed by atoms with Gasteiger partial charge in [0.2, 0.25) is 11.8 Å². The van der Waals surface area contributed by atoms with E-state index in [-0.39, 0.29) is 24.2 Å². The van der Waals surface area contributed by atoms with Crippen LogP contribution < -0.4 is 15.0 Å². The summed E-state index contributed by atoms with van der Waals surface area (Å²) in [6.07, 6.45) is 0.215. The lowest BCUT2D eigenvalue weighted by atomic mass is 10.1. The maximum absolute atomic E-state index is 12.9. The van der Waals surface area contributed by atoms with Crippen LogP contribution in [-0.4, -0.2) is 55.0 Å². The highest BCUT2D eigenvalue weighted by Gasteiger charge is 2.35. The highest BCUT2D eigenvalue weighted by atomic mass is 32.2. The number of anilines is 2. The number of carbonyl (C=O) groups excluding carboxylic acids is 2. The zero-order chi connectivity index (χ0) is 21.8. The van der Waals surface area contributed by atoms with Crippen LogP contribution in [0.1, 0.15) is 17.5 Å². The lowest BCUT2D eigenvalue weighted by molar-refractivity contribution is -0.122. The molecule has 0 bridgehead atoms. The molecule has 2 saturated heterocycles. The van der Waals surface area contributed by atoms with Crippen LogP contribution >= 0.6 is 11.8 Å². The molecule has 0 spiro atoms. The van der Waals surface area contributed by atoms with Crippen molar-refractivity contribution < 1.29 is 14.3 Å². The second-order valence-corrected chi connectivity index (χ2v) is 9.36. The van der Waals surface area contributed by atoms with Gasteiger partial charge in [-0.2, -0.15) is 11.8 Å². The summed E-state index contributed by atoms with van der Waals surface area (Å²) in [6, 6.07) is 13.6. The molecule has 2 fully saturated rings. The first-order valence-electron chi connectivity index (χ1n) is 10.7. The zero-order valence-corrected chi connectivity index (χ0v) is 18.9. The first-order valence-corrected chi connectivity index (χ1v) is 11.8. The molecule has 0 radical (unpaired) electrons. The predicted octanol–water partition coefficient (Wildman–Crippen LogP) is 3.54. The monoisotopic (exact) mass is 439 g/mol. The normalized spacial score (nSPS) is 19.5. The molecule has 6 nitrogen and oxygen atoms in total. The van der Waals surface area contributed by atoms with Crippen molar-refractivity contribution in [3.8, 4) is 5.75 Å². The molecule has 164 valence electrons. The summed E-state index contributed by atoms with van der Waals surface area (Å²) in [5, 5.41) is 3.04. The lowest BCUT2D eigenvalue weighted by Gasteiger charge is -2.26. The molecule has 0 saturated carbocycles. The number of ether oxygens (including phenoxy) is 1. The van der Waals surface area contributed by atoms with E-state index in [1.54, 1.807) is 12.0 Å². The van der Waals surface area contributed by atoms with Gasteiger partial charge in [0.25, 0.3) is 0 Å². The molecule has 2 heterocycles. The van der Waals surface area contributed by atoms with Gasteiger partial charge in [0.05, 0.1) is 13.0 Å². The molecule has 1 N–H and O–H groups in total. The Bertz CT molecular complexity index is 959. The van der Waals surface area contributed by atoms with Crippen LogP contribution in [0.25, 0.3) is 0 Å². The minimum Gasteiger partial charge on any atom is -0.497 e. The molecule has 2 aliphatic rings. The van der Waals surface area contributed by atoms with Gasteiger partial charge in [-0.1, -0.05) is 18.2 Å².